The Bertz CT molecular complexity index is 1510. The summed E-state index contributed by atoms with van der Waals surface area (Å²) in [6.45, 7) is 8.97. The van der Waals surface area contributed by atoms with Crippen LogP contribution in [-0.4, -0.2) is 58.7 Å². The van der Waals surface area contributed by atoms with Gasteiger partial charge in [-0.3, -0.25) is 0 Å². The monoisotopic (exact) mass is 544 g/mol. The number of fused-ring (bicyclic) bond motifs is 2. The van der Waals surface area contributed by atoms with Crippen molar-refractivity contribution >= 4 is 27.5 Å². The molecule has 2 aromatic heterocycles. The second kappa shape index (κ2) is 9.42. The van der Waals surface area contributed by atoms with Gasteiger partial charge in [-0.1, -0.05) is 6.07 Å². The maximum absolute atomic E-state index is 15.3. The van der Waals surface area contributed by atoms with E-state index in [9.17, 15) is 12.8 Å². The maximum atomic E-state index is 15.3. The molecule has 2 aliphatic heterocycles. The minimum absolute atomic E-state index is 0.0560. The largest absolute Gasteiger partial charge is 0.481 e. The van der Waals surface area contributed by atoms with Crippen LogP contribution < -0.4 is 15.0 Å². The molecular weight excluding hydrogens is 514 g/mol. The zero-order valence-corrected chi connectivity index (χ0v) is 22.7. The molecule has 1 aromatic carbocycles. The summed E-state index contributed by atoms with van der Waals surface area (Å²) in [4.78, 5) is 15.0. The Morgan fingerprint density at radius 3 is 2.61 bits per heavy atom. The molecule has 5 rings (SSSR count). The zero-order chi connectivity index (χ0) is 27.4. The first-order valence-corrected chi connectivity index (χ1v) is 14.2. The van der Waals surface area contributed by atoms with Crippen molar-refractivity contribution in [2.45, 2.75) is 52.3 Å². The predicted molar refractivity (Wildman–Crippen MR) is 141 cm³/mol. The van der Waals surface area contributed by atoms with E-state index in [1.54, 1.807) is 18.2 Å². The number of rotatable bonds is 5. The van der Waals surface area contributed by atoms with Gasteiger partial charge in [-0.05, 0) is 51.5 Å². The molecule has 38 heavy (non-hydrogen) atoms. The van der Waals surface area contributed by atoms with Gasteiger partial charge in [0.25, 0.3) is 0 Å². The van der Waals surface area contributed by atoms with Gasteiger partial charge in [0.15, 0.2) is 17.4 Å². The lowest BCUT2D eigenvalue weighted by Crippen LogP contribution is -2.49. The van der Waals surface area contributed by atoms with E-state index in [0.29, 0.717) is 31.0 Å². The third kappa shape index (κ3) is 5.14. The Labute approximate surface area is 220 Å². The number of sulfonamides is 1. The highest BCUT2D eigenvalue weighted by Crippen LogP contribution is 2.43. The van der Waals surface area contributed by atoms with Gasteiger partial charge in [0, 0.05) is 36.8 Å². The predicted octanol–water partition coefficient (Wildman–Crippen LogP) is 4.26. The van der Waals surface area contributed by atoms with Crippen molar-refractivity contribution in [1.29, 1.82) is 0 Å². The molecule has 3 aromatic rings. The lowest BCUT2D eigenvalue weighted by atomic mass is 10.0. The van der Waals surface area contributed by atoms with Gasteiger partial charge >= 0.3 is 0 Å². The molecule has 0 atom stereocenters. The number of hydrogen-bond donors (Lipinski definition) is 1. The van der Waals surface area contributed by atoms with Crippen LogP contribution in [0.4, 0.5) is 26.2 Å². The van der Waals surface area contributed by atoms with E-state index in [1.165, 1.54) is 16.6 Å². The van der Waals surface area contributed by atoms with Crippen LogP contribution in [0, 0.1) is 11.6 Å². The fraction of sp³-hybridized carbons (Fsp3) is 0.423. The van der Waals surface area contributed by atoms with Crippen LogP contribution in [0.2, 0.25) is 0 Å². The molecule has 202 valence electrons. The summed E-state index contributed by atoms with van der Waals surface area (Å²) >= 11 is 0. The molecule has 0 spiro atoms. The van der Waals surface area contributed by atoms with Gasteiger partial charge < -0.3 is 15.0 Å². The Hall–Kier alpha value is -3.38. The normalized spacial score (nSPS) is 17.1. The Balaban J connectivity index is 1.45. The Morgan fingerprint density at radius 2 is 1.89 bits per heavy atom. The summed E-state index contributed by atoms with van der Waals surface area (Å²) < 4.78 is 61.2. The van der Waals surface area contributed by atoms with Gasteiger partial charge in [0.2, 0.25) is 16.0 Å². The van der Waals surface area contributed by atoms with E-state index in [2.05, 4.69) is 20.3 Å². The first-order valence-electron chi connectivity index (χ1n) is 12.3. The fourth-order valence-electron chi connectivity index (χ4n) is 4.78. The molecule has 0 radical (unpaired) electrons. The number of pyridine rings is 1. The van der Waals surface area contributed by atoms with Crippen LogP contribution in [0.25, 0.3) is 11.3 Å². The number of halogens is 2. The SMILES string of the molecule is CC(C)N1CC(C)(C)Oc2c(F)cc(-c3nc(Nc4ccc5c(n4)CCN(S(C)(=O)=O)C5)ncc3F)cc21. The molecule has 0 aliphatic carbocycles. The van der Waals surface area contributed by atoms with Crippen molar-refractivity contribution in [1.82, 2.24) is 19.3 Å². The van der Waals surface area contributed by atoms with Crippen molar-refractivity contribution < 1.29 is 21.9 Å². The molecule has 4 heterocycles. The van der Waals surface area contributed by atoms with Crippen LogP contribution in [0.1, 0.15) is 39.0 Å². The third-order valence-corrected chi connectivity index (χ3v) is 7.88. The van der Waals surface area contributed by atoms with E-state index < -0.39 is 27.3 Å². The average Bonchev–Trinajstić information content (AvgIpc) is 2.84. The Kier molecular flexibility index (Phi) is 6.50. The van der Waals surface area contributed by atoms with Gasteiger partial charge in [0.05, 0.1) is 24.7 Å². The number of ether oxygens (including phenoxy) is 1. The van der Waals surface area contributed by atoms with E-state index in [-0.39, 0.29) is 35.5 Å². The second-order valence-electron chi connectivity index (χ2n) is 10.6. The van der Waals surface area contributed by atoms with Crippen LogP contribution in [0.5, 0.6) is 5.75 Å². The van der Waals surface area contributed by atoms with Gasteiger partial charge in [-0.25, -0.2) is 32.2 Å². The molecule has 0 fully saturated rings. The van der Waals surface area contributed by atoms with Crippen molar-refractivity contribution in [2.24, 2.45) is 0 Å². The lowest BCUT2D eigenvalue weighted by molar-refractivity contribution is 0.0967. The molecule has 0 bridgehead atoms. The number of nitrogens with one attached hydrogen (secondary N) is 1. The zero-order valence-electron chi connectivity index (χ0n) is 21.9. The van der Waals surface area contributed by atoms with E-state index >= 15 is 4.39 Å². The highest BCUT2D eigenvalue weighted by molar-refractivity contribution is 7.88. The van der Waals surface area contributed by atoms with Gasteiger partial charge in [0.1, 0.15) is 17.1 Å². The number of aromatic nitrogens is 3. The molecule has 2 aliphatic rings. The van der Waals surface area contributed by atoms with Crippen LogP contribution in [0.3, 0.4) is 0 Å². The number of nitrogens with zero attached hydrogens (tertiary/aromatic N) is 5. The van der Waals surface area contributed by atoms with Crippen molar-refractivity contribution in [3.8, 4) is 17.0 Å². The standard InChI is InChI=1S/C26H30F2N6O3S/c1-15(2)34-14-26(3,4)37-24-18(27)10-17(11-21(24)34)23-19(28)12-29-25(32-23)31-22-7-6-16-13-33(38(5,35)36)9-8-20(16)30-22/h6-7,10-12,15H,8-9,13-14H2,1-5H3,(H,29,30,31,32). The third-order valence-electron chi connectivity index (χ3n) is 6.63. The molecule has 9 nitrogen and oxygen atoms in total. The topological polar surface area (TPSA) is 101 Å². The molecule has 0 saturated carbocycles. The highest BCUT2D eigenvalue weighted by atomic mass is 32.2. The van der Waals surface area contributed by atoms with E-state index in [1.807, 2.05) is 32.6 Å². The van der Waals surface area contributed by atoms with Crippen molar-refractivity contribution in [3.63, 3.8) is 0 Å². The summed E-state index contributed by atoms with van der Waals surface area (Å²) in [7, 11) is -3.29. The van der Waals surface area contributed by atoms with E-state index in [4.69, 9.17) is 4.74 Å². The summed E-state index contributed by atoms with van der Waals surface area (Å²) in [5.41, 5.74) is 1.75. The van der Waals surface area contributed by atoms with Crippen LogP contribution in [0.15, 0.2) is 30.5 Å². The number of anilines is 3. The lowest BCUT2D eigenvalue weighted by Gasteiger charge is -2.43. The fourth-order valence-corrected chi connectivity index (χ4v) is 5.58. The van der Waals surface area contributed by atoms with Gasteiger partial charge in [-0.2, -0.15) is 4.31 Å². The Morgan fingerprint density at radius 1 is 1.13 bits per heavy atom. The summed E-state index contributed by atoms with van der Waals surface area (Å²) in [6.07, 6.45) is 2.69. The molecule has 0 unspecified atom stereocenters. The minimum atomic E-state index is -3.29. The molecular formula is C26H30F2N6O3S. The van der Waals surface area contributed by atoms with Crippen molar-refractivity contribution in [3.05, 3.63) is 53.4 Å². The first-order chi connectivity index (χ1) is 17.8. The number of hydrogen-bond acceptors (Lipinski definition) is 8. The summed E-state index contributed by atoms with van der Waals surface area (Å²) in [5, 5.41) is 2.99. The molecule has 0 amide bonds. The van der Waals surface area contributed by atoms with Crippen LogP contribution in [-0.2, 0) is 23.0 Å². The number of benzene rings is 1. The molecule has 1 N–H and O–H groups in total. The smallest absolute Gasteiger partial charge is 0.229 e. The maximum Gasteiger partial charge on any atom is 0.229 e. The quantitative estimate of drug-likeness (QED) is 0.509. The summed E-state index contributed by atoms with van der Waals surface area (Å²) in [5.74, 6) is -0.615. The van der Waals surface area contributed by atoms with E-state index in [0.717, 1.165) is 17.5 Å². The van der Waals surface area contributed by atoms with Crippen molar-refractivity contribution in [2.75, 3.05) is 29.6 Å². The highest BCUT2D eigenvalue weighted by Gasteiger charge is 2.35. The molecule has 12 heteroatoms. The van der Waals surface area contributed by atoms with Crippen LogP contribution >= 0.6 is 0 Å². The first kappa shape index (κ1) is 26.2. The minimum Gasteiger partial charge on any atom is -0.481 e. The summed E-state index contributed by atoms with van der Waals surface area (Å²) in [6, 6.07) is 6.47. The second-order valence-corrected chi connectivity index (χ2v) is 12.5. The molecule has 0 saturated heterocycles. The van der Waals surface area contributed by atoms with Gasteiger partial charge in [-0.15, -0.1) is 0 Å². The average molecular weight is 545 g/mol.